The van der Waals surface area contributed by atoms with E-state index in [-0.39, 0.29) is 46.6 Å². The molecule has 0 fully saturated rings. The lowest BCUT2D eigenvalue weighted by Crippen LogP contribution is -2.58. The van der Waals surface area contributed by atoms with Crippen molar-refractivity contribution < 1.29 is 19.5 Å². The maximum Gasteiger partial charge on any atom is 0.329 e. The Morgan fingerprint density at radius 2 is 1.79 bits per heavy atom. The summed E-state index contributed by atoms with van der Waals surface area (Å²) in [5.74, 6) is -1.67. The number of nitrogens with one attached hydrogen (secondary N) is 2. The Kier molecular flexibility index (Phi) is 8.74. The van der Waals surface area contributed by atoms with Crippen LogP contribution in [0.25, 0.3) is 0 Å². The Labute approximate surface area is 221 Å². The fourth-order valence-electron chi connectivity index (χ4n) is 3.44. The summed E-state index contributed by atoms with van der Waals surface area (Å²) in [7, 11) is 0. The number of carboxylic acid groups (broad SMARTS) is 1. The number of hydrogen-bond donors (Lipinski definition) is 3. The number of pyridine rings is 2. The zero-order valence-corrected chi connectivity index (χ0v) is 22.3. The summed E-state index contributed by atoms with van der Waals surface area (Å²) in [5.41, 5.74) is -0.659. The second kappa shape index (κ2) is 10.6. The van der Waals surface area contributed by atoms with Gasteiger partial charge in [-0.05, 0) is 48.3 Å². The molecule has 1 atom stereocenters. The van der Waals surface area contributed by atoms with Gasteiger partial charge in [-0.25, -0.2) is 4.79 Å². The van der Waals surface area contributed by atoms with Gasteiger partial charge in [0.05, 0.1) is 37.4 Å². The molecule has 182 valence electrons. The summed E-state index contributed by atoms with van der Waals surface area (Å²) >= 11 is 15.3. The first-order chi connectivity index (χ1) is 15.4. The molecule has 8 nitrogen and oxygen atoms in total. The lowest BCUT2D eigenvalue weighted by Gasteiger charge is -2.42. The topological polar surface area (TPSA) is 121 Å². The predicted octanol–water partition coefficient (Wildman–Crippen LogP) is 5.04. The van der Waals surface area contributed by atoms with Crippen molar-refractivity contribution in [2.45, 2.75) is 39.2 Å². The van der Waals surface area contributed by atoms with Crippen LogP contribution in [0.5, 0.6) is 0 Å². The SMILES string of the molecule is CC[C@@](Cc1ccc(NC(=O)c2c(Cl)cncc2Cl)cn1)(NC1=C(Br)C(=O)C1(C)C)C(=O)O.Cl. The molecule has 0 radical (unpaired) electrons. The van der Waals surface area contributed by atoms with Crippen LogP contribution in [-0.2, 0) is 16.0 Å². The highest BCUT2D eigenvalue weighted by Gasteiger charge is 2.50. The van der Waals surface area contributed by atoms with Gasteiger partial charge in [0.1, 0.15) is 5.54 Å². The lowest BCUT2D eigenvalue weighted by atomic mass is 9.73. The van der Waals surface area contributed by atoms with Gasteiger partial charge in [-0.1, -0.05) is 30.1 Å². The minimum atomic E-state index is -1.37. The molecule has 1 aliphatic carbocycles. The summed E-state index contributed by atoms with van der Waals surface area (Å²) in [6.45, 7) is 5.23. The Morgan fingerprint density at radius 3 is 2.26 bits per heavy atom. The molecular weight excluding hydrogens is 571 g/mol. The zero-order chi connectivity index (χ0) is 24.6. The van der Waals surface area contributed by atoms with Crippen LogP contribution in [0.1, 0.15) is 43.2 Å². The number of rotatable bonds is 8. The number of carboxylic acids is 1. The summed E-state index contributed by atoms with van der Waals surface area (Å²) < 4.78 is 0.353. The van der Waals surface area contributed by atoms with Crippen LogP contribution in [0.4, 0.5) is 5.69 Å². The largest absolute Gasteiger partial charge is 0.479 e. The molecule has 0 saturated carbocycles. The molecule has 3 N–H and O–H groups in total. The van der Waals surface area contributed by atoms with Gasteiger partial charge in [0.25, 0.3) is 5.91 Å². The molecule has 3 rings (SSSR count). The van der Waals surface area contributed by atoms with Gasteiger partial charge in [0.15, 0.2) is 5.78 Å². The molecule has 2 heterocycles. The summed E-state index contributed by atoms with van der Waals surface area (Å²) in [6.07, 6.45) is 4.36. The maximum absolute atomic E-state index is 12.5. The smallest absolute Gasteiger partial charge is 0.329 e. The molecular formula is C22H22BrCl3N4O4. The molecule has 0 unspecified atom stereocenters. The van der Waals surface area contributed by atoms with E-state index in [1.54, 1.807) is 32.9 Å². The monoisotopic (exact) mass is 590 g/mol. The van der Waals surface area contributed by atoms with E-state index in [1.165, 1.54) is 18.6 Å². The molecule has 0 aliphatic heterocycles. The normalized spacial score (nSPS) is 16.1. The molecule has 1 amide bonds. The third-order valence-electron chi connectivity index (χ3n) is 5.63. The van der Waals surface area contributed by atoms with E-state index < -0.39 is 22.8 Å². The van der Waals surface area contributed by atoms with Crippen LogP contribution in [0, 0.1) is 5.41 Å². The van der Waals surface area contributed by atoms with Crippen molar-refractivity contribution in [1.29, 1.82) is 0 Å². The van der Waals surface area contributed by atoms with Crippen LogP contribution in [0.15, 0.2) is 40.9 Å². The second-order valence-corrected chi connectivity index (χ2v) is 9.76. The standard InChI is InChI=1S/C22H21BrCl2N4O4.ClH/c1-4-22(20(32)33,29-17-16(23)18(30)21(17,2)3)7-11-5-6-12(8-27-11)28-19(31)15-13(24)9-26-10-14(15)25;/h5-6,8-10,29H,4,7H2,1-3H3,(H,28,31)(H,32,33);1H/t22-;/m0./s1. The number of aliphatic carboxylic acids is 1. The molecule has 1 aliphatic rings. The van der Waals surface area contributed by atoms with Crippen LogP contribution >= 0.6 is 51.5 Å². The van der Waals surface area contributed by atoms with Gasteiger partial charge in [-0.2, -0.15) is 0 Å². The van der Waals surface area contributed by atoms with Gasteiger partial charge < -0.3 is 15.7 Å². The van der Waals surface area contributed by atoms with Crippen molar-refractivity contribution in [3.63, 3.8) is 0 Å². The minimum absolute atomic E-state index is 0. The van der Waals surface area contributed by atoms with E-state index in [0.29, 0.717) is 21.6 Å². The average Bonchev–Trinajstić information content (AvgIpc) is 2.76. The van der Waals surface area contributed by atoms with E-state index in [2.05, 4.69) is 36.5 Å². The Balaban J connectivity index is 0.00000408. The lowest BCUT2D eigenvalue weighted by molar-refractivity contribution is -0.145. The van der Waals surface area contributed by atoms with Crippen molar-refractivity contribution >= 4 is 74.9 Å². The van der Waals surface area contributed by atoms with E-state index in [9.17, 15) is 19.5 Å². The first-order valence-corrected chi connectivity index (χ1v) is 11.5. The predicted molar refractivity (Wildman–Crippen MR) is 136 cm³/mol. The Morgan fingerprint density at radius 1 is 1.18 bits per heavy atom. The van der Waals surface area contributed by atoms with Crippen LogP contribution in [0.2, 0.25) is 10.0 Å². The van der Waals surface area contributed by atoms with Gasteiger partial charge in [-0.3, -0.25) is 19.6 Å². The van der Waals surface area contributed by atoms with Crippen LogP contribution in [-0.4, -0.2) is 38.3 Å². The van der Waals surface area contributed by atoms with Crippen LogP contribution in [0.3, 0.4) is 0 Å². The molecule has 12 heteroatoms. The third-order valence-corrected chi connectivity index (χ3v) is 6.96. The zero-order valence-electron chi connectivity index (χ0n) is 18.4. The first kappa shape index (κ1) is 28.0. The minimum Gasteiger partial charge on any atom is -0.479 e. The highest BCUT2D eigenvalue weighted by Crippen LogP contribution is 2.44. The fourth-order valence-corrected chi connectivity index (χ4v) is 5.06. The molecule has 34 heavy (non-hydrogen) atoms. The first-order valence-electron chi connectivity index (χ1n) is 9.95. The number of amides is 1. The number of nitrogens with zero attached hydrogens (tertiary/aromatic N) is 2. The number of carbonyl (C=O) groups excluding carboxylic acids is 2. The van der Waals surface area contributed by atoms with E-state index in [1.807, 2.05) is 0 Å². The maximum atomic E-state index is 12.5. The van der Waals surface area contributed by atoms with Crippen LogP contribution < -0.4 is 10.6 Å². The van der Waals surface area contributed by atoms with Crippen molar-refractivity contribution in [2.75, 3.05) is 5.32 Å². The average molecular weight is 593 g/mol. The Hall–Kier alpha value is -2.20. The highest BCUT2D eigenvalue weighted by atomic mass is 79.9. The van der Waals surface area contributed by atoms with Gasteiger partial charge in [-0.15, -0.1) is 12.4 Å². The highest BCUT2D eigenvalue weighted by molar-refractivity contribution is 9.12. The molecule has 2 aromatic heterocycles. The molecule has 0 aromatic carbocycles. The molecule has 0 spiro atoms. The molecule has 0 bridgehead atoms. The van der Waals surface area contributed by atoms with Crippen molar-refractivity contribution in [2.24, 2.45) is 5.41 Å². The summed E-state index contributed by atoms with van der Waals surface area (Å²) in [5, 5.41) is 16.0. The third kappa shape index (κ3) is 5.22. The number of anilines is 1. The fraction of sp³-hybridized carbons (Fsp3) is 0.318. The van der Waals surface area contributed by atoms with Crippen molar-refractivity contribution in [3.05, 3.63) is 62.2 Å². The van der Waals surface area contributed by atoms with E-state index >= 15 is 0 Å². The van der Waals surface area contributed by atoms with Gasteiger partial charge in [0, 0.05) is 30.2 Å². The number of ketones is 1. The number of carbonyl (C=O) groups is 3. The molecule has 2 aromatic rings. The number of aromatic nitrogens is 2. The summed E-state index contributed by atoms with van der Waals surface area (Å²) in [6, 6.07) is 3.23. The summed E-state index contributed by atoms with van der Waals surface area (Å²) in [4.78, 5) is 45.0. The second-order valence-electron chi connectivity index (χ2n) is 8.16. The number of halogens is 4. The van der Waals surface area contributed by atoms with E-state index in [0.717, 1.165) is 0 Å². The number of hydrogen-bond acceptors (Lipinski definition) is 6. The van der Waals surface area contributed by atoms with Crippen molar-refractivity contribution in [3.8, 4) is 0 Å². The Bertz CT molecular complexity index is 1150. The van der Waals surface area contributed by atoms with Crippen molar-refractivity contribution in [1.82, 2.24) is 15.3 Å². The van der Waals surface area contributed by atoms with Gasteiger partial charge in [0.2, 0.25) is 0 Å². The number of allylic oxidation sites excluding steroid dienone is 2. The number of Topliss-reactive ketones (excluding diaryl/α,β-unsaturated/α-hetero) is 1. The van der Waals surface area contributed by atoms with E-state index in [4.69, 9.17) is 23.2 Å². The molecule has 0 saturated heterocycles. The van der Waals surface area contributed by atoms with Gasteiger partial charge >= 0.3 is 5.97 Å². The quantitative estimate of drug-likeness (QED) is 0.393.